The van der Waals surface area contributed by atoms with Gasteiger partial charge in [-0.05, 0) is 32.4 Å². The lowest BCUT2D eigenvalue weighted by Crippen LogP contribution is -2.36. The van der Waals surface area contributed by atoms with E-state index >= 15 is 0 Å². The molecule has 9 heteroatoms. The number of nitro benzene ring substituents is 1. The van der Waals surface area contributed by atoms with Crippen LogP contribution >= 0.6 is 0 Å². The molecule has 1 atom stereocenters. The smallest absolute Gasteiger partial charge is 0.351 e. The van der Waals surface area contributed by atoms with Gasteiger partial charge >= 0.3 is 6.18 Å². The number of likely N-dealkylation sites (tertiary alicyclic amines) is 1. The highest BCUT2D eigenvalue weighted by Gasteiger charge is 2.33. The van der Waals surface area contributed by atoms with E-state index in [4.69, 9.17) is 0 Å². The van der Waals surface area contributed by atoms with E-state index in [2.05, 4.69) is 17.1 Å². The van der Waals surface area contributed by atoms with Crippen molar-refractivity contribution in [3.05, 3.63) is 39.4 Å². The number of nitro groups is 1. The SMILES string of the molecule is C[C@H]1CCCN1CCNC(=O)c1cc([N+](=O)[O-])cc(C(F)(F)F)c1. The molecular formula is C15H18F3N3O3. The van der Waals surface area contributed by atoms with E-state index in [-0.39, 0.29) is 12.1 Å². The maximum absolute atomic E-state index is 12.8. The molecule has 24 heavy (non-hydrogen) atoms. The molecular weight excluding hydrogens is 327 g/mol. The second kappa shape index (κ2) is 7.16. The van der Waals surface area contributed by atoms with Crippen LogP contribution < -0.4 is 5.32 Å². The topological polar surface area (TPSA) is 75.5 Å². The summed E-state index contributed by atoms with van der Waals surface area (Å²) in [5.74, 6) is -0.754. The minimum Gasteiger partial charge on any atom is -0.351 e. The molecule has 6 nitrogen and oxygen atoms in total. The first-order valence-corrected chi connectivity index (χ1v) is 7.57. The Balaban J connectivity index is 2.07. The number of carbonyl (C=O) groups is 1. The summed E-state index contributed by atoms with van der Waals surface area (Å²) < 4.78 is 38.4. The molecule has 1 saturated heterocycles. The van der Waals surface area contributed by atoms with Crippen LogP contribution in [-0.2, 0) is 6.18 Å². The Morgan fingerprint density at radius 3 is 2.67 bits per heavy atom. The van der Waals surface area contributed by atoms with E-state index in [0.29, 0.717) is 24.7 Å². The summed E-state index contributed by atoms with van der Waals surface area (Å²) in [7, 11) is 0. The summed E-state index contributed by atoms with van der Waals surface area (Å²) in [4.78, 5) is 24.0. The lowest BCUT2D eigenvalue weighted by Gasteiger charge is -2.20. The van der Waals surface area contributed by atoms with Crippen molar-refractivity contribution >= 4 is 11.6 Å². The maximum Gasteiger partial charge on any atom is 0.416 e. The largest absolute Gasteiger partial charge is 0.416 e. The highest BCUT2D eigenvalue weighted by atomic mass is 19.4. The minimum absolute atomic E-state index is 0.271. The number of hydrogen-bond acceptors (Lipinski definition) is 4. The molecule has 0 saturated carbocycles. The van der Waals surface area contributed by atoms with Crippen molar-refractivity contribution in [3.63, 3.8) is 0 Å². The third-order valence-electron chi connectivity index (χ3n) is 4.09. The second-order valence-electron chi connectivity index (χ2n) is 5.81. The van der Waals surface area contributed by atoms with Gasteiger partial charge in [0.15, 0.2) is 0 Å². The van der Waals surface area contributed by atoms with Crippen LogP contribution in [0.2, 0.25) is 0 Å². The van der Waals surface area contributed by atoms with E-state index in [9.17, 15) is 28.1 Å². The molecule has 1 aliphatic rings. The number of benzene rings is 1. The quantitative estimate of drug-likeness (QED) is 0.658. The zero-order chi connectivity index (χ0) is 17.9. The fraction of sp³-hybridized carbons (Fsp3) is 0.533. The highest BCUT2D eigenvalue weighted by Crippen LogP contribution is 2.32. The van der Waals surface area contributed by atoms with E-state index in [1.54, 1.807) is 0 Å². The molecule has 0 unspecified atom stereocenters. The van der Waals surface area contributed by atoms with Crippen LogP contribution in [0.4, 0.5) is 18.9 Å². The van der Waals surface area contributed by atoms with Crippen LogP contribution in [0.5, 0.6) is 0 Å². The standard InChI is InChI=1S/C15H18F3N3O3/c1-10-3-2-5-20(10)6-4-19-14(22)11-7-12(15(16,17)18)9-13(8-11)21(23)24/h7-10H,2-6H2,1H3,(H,19,22)/t10-/m0/s1. The summed E-state index contributed by atoms with van der Waals surface area (Å²) in [5.41, 5.74) is -2.34. The lowest BCUT2D eigenvalue weighted by atomic mass is 10.1. The molecule has 2 rings (SSSR count). The number of amides is 1. The number of non-ortho nitro benzene ring substituents is 1. The van der Waals surface area contributed by atoms with Gasteiger partial charge in [0.25, 0.3) is 11.6 Å². The first-order chi connectivity index (χ1) is 11.2. The average molecular weight is 345 g/mol. The van der Waals surface area contributed by atoms with Crippen LogP contribution in [0.15, 0.2) is 18.2 Å². The van der Waals surface area contributed by atoms with Gasteiger partial charge in [0, 0.05) is 36.8 Å². The molecule has 1 fully saturated rings. The average Bonchev–Trinajstić information content (AvgIpc) is 2.91. The first-order valence-electron chi connectivity index (χ1n) is 7.57. The van der Waals surface area contributed by atoms with Gasteiger partial charge in [-0.3, -0.25) is 19.8 Å². The molecule has 0 aliphatic carbocycles. The summed E-state index contributed by atoms with van der Waals surface area (Å²) in [6, 6.07) is 2.31. The van der Waals surface area contributed by atoms with E-state index < -0.39 is 28.3 Å². The molecule has 0 bridgehead atoms. The van der Waals surface area contributed by atoms with Gasteiger partial charge in [-0.25, -0.2) is 0 Å². The Morgan fingerprint density at radius 2 is 2.12 bits per heavy atom. The number of nitrogens with zero attached hydrogens (tertiary/aromatic N) is 2. The van der Waals surface area contributed by atoms with Crippen LogP contribution in [0, 0.1) is 10.1 Å². The van der Waals surface area contributed by atoms with Crippen molar-refractivity contribution in [3.8, 4) is 0 Å². The summed E-state index contributed by atoms with van der Waals surface area (Å²) in [6.45, 7) is 3.86. The van der Waals surface area contributed by atoms with E-state index in [1.807, 2.05) is 0 Å². The predicted molar refractivity (Wildman–Crippen MR) is 80.7 cm³/mol. The Kier molecular flexibility index (Phi) is 5.43. The van der Waals surface area contributed by atoms with Gasteiger partial charge in [-0.15, -0.1) is 0 Å². The molecule has 0 aromatic heterocycles. The third-order valence-corrected chi connectivity index (χ3v) is 4.09. The molecule has 132 valence electrons. The van der Waals surface area contributed by atoms with E-state index in [1.165, 1.54) is 0 Å². The van der Waals surface area contributed by atoms with Crippen molar-refractivity contribution in [1.29, 1.82) is 0 Å². The second-order valence-corrected chi connectivity index (χ2v) is 5.81. The number of hydrogen-bond donors (Lipinski definition) is 1. The molecule has 1 N–H and O–H groups in total. The molecule has 1 heterocycles. The van der Waals surface area contributed by atoms with Crippen LogP contribution in [0.3, 0.4) is 0 Å². The summed E-state index contributed by atoms with van der Waals surface area (Å²) in [6.07, 6.45) is -2.60. The molecule has 1 aromatic rings. The number of rotatable bonds is 5. The number of nitrogens with one attached hydrogen (secondary N) is 1. The maximum atomic E-state index is 12.8. The van der Waals surface area contributed by atoms with Gasteiger partial charge in [0.05, 0.1) is 10.5 Å². The zero-order valence-corrected chi connectivity index (χ0v) is 13.1. The Bertz CT molecular complexity index is 634. The molecule has 0 radical (unpaired) electrons. The predicted octanol–water partition coefficient (Wildman–Crippen LogP) is 2.83. The summed E-state index contributed by atoms with van der Waals surface area (Å²) in [5, 5.41) is 13.3. The highest BCUT2D eigenvalue weighted by molar-refractivity contribution is 5.95. The molecule has 0 spiro atoms. The summed E-state index contributed by atoms with van der Waals surface area (Å²) >= 11 is 0. The van der Waals surface area contributed by atoms with Gasteiger partial charge in [-0.1, -0.05) is 0 Å². The third kappa shape index (κ3) is 4.44. The van der Waals surface area contributed by atoms with Gasteiger partial charge in [-0.2, -0.15) is 13.2 Å². The van der Waals surface area contributed by atoms with Crippen molar-refractivity contribution in [2.45, 2.75) is 32.0 Å². The van der Waals surface area contributed by atoms with Crippen LogP contribution in [0.1, 0.15) is 35.7 Å². The van der Waals surface area contributed by atoms with Crippen molar-refractivity contribution < 1.29 is 22.9 Å². The minimum atomic E-state index is -4.76. The van der Waals surface area contributed by atoms with Crippen molar-refractivity contribution in [1.82, 2.24) is 10.2 Å². The van der Waals surface area contributed by atoms with Gasteiger partial charge < -0.3 is 5.32 Å². The van der Waals surface area contributed by atoms with Crippen molar-refractivity contribution in [2.24, 2.45) is 0 Å². The van der Waals surface area contributed by atoms with E-state index in [0.717, 1.165) is 25.5 Å². The Hall–Kier alpha value is -2.16. The Morgan fingerprint density at radius 1 is 1.42 bits per heavy atom. The van der Waals surface area contributed by atoms with Crippen LogP contribution in [-0.4, -0.2) is 41.4 Å². The van der Waals surface area contributed by atoms with Gasteiger partial charge in [0.2, 0.25) is 0 Å². The molecule has 1 aromatic carbocycles. The lowest BCUT2D eigenvalue weighted by molar-refractivity contribution is -0.385. The first kappa shape index (κ1) is 18.2. The molecule has 1 aliphatic heterocycles. The Labute approximate surface area is 136 Å². The fourth-order valence-electron chi connectivity index (χ4n) is 2.75. The number of carbonyl (C=O) groups excluding carboxylic acids is 1. The van der Waals surface area contributed by atoms with Crippen molar-refractivity contribution in [2.75, 3.05) is 19.6 Å². The molecule has 1 amide bonds. The number of halogens is 3. The van der Waals surface area contributed by atoms with Gasteiger partial charge in [0.1, 0.15) is 0 Å². The fourth-order valence-corrected chi connectivity index (χ4v) is 2.75. The normalized spacial score (nSPS) is 18.6. The van der Waals surface area contributed by atoms with Crippen LogP contribution in [0.25, 0.3) is 0 Å². The number of alkyl halides is 3. The zero-order valence-electron chi connectivity index (χ0n) is 13.1. The monoisotopic (exact) mass is 345 g/mol.